The monoisotopic (exact) mass is 225 g/mol. The van der Waals surface area contributed by atoms with Gasteiger partial charge in [0.1, 0.15) is 0 Å². The van der Waals surface area contributed by atoms with Crippen LogP contribution < -0.4 is 4.65 Å². The van der Waals surface area contributed by atoms with Crippen LogP contribution in [0.4, 0.5) is 17.6 Å². The number of halogens is 4. The fraction of sp³-hybridized carbons (Fsp3) is 0.167. The molecule has 15 heavy (non-hydrogen) atoms. The lowest BCUT2D eigenvalue weighted by Gasteiger charge is -2.09. The van der Waals surface area contributed by atoms with Crippen molar-refractivity contribution in [2.75, 3.05) is 0 Å². The third-order valence-electron chi connectivity index (χ3n) is 1.37. The summed E-state index contributed by atoms with van der Waals surface area (Å²) in [7, 11) is -2.41. The molecule has 0 aliphatic rings. The molecule has 9 heteroatoms. The minimum absolute atomic E-state index is 0.270. The molecule has 0 bridgehead atoms. The molecule has 0 spiro atoms. The summed E-state index contributed by atoms with van der Waals surface area (Å²) in [6.07, 6.45) is -4.44. The summed E-state index contributed by atoms with van der Waals surface area (Å²) in [5, 5.41) is 16.6. The molecule has 0 atom stereocenters. The van der Waals surface area contributed by atoms with E-state index in [1.165, 1.54) is 0 Å². The molecule has 1 aromatic heterocycles. The number of rotatable bonds is 2. The highest BCUT2D eigenvalue weighted by atomic mass is 19.4. The molecule has 2 N–H and O–H groups in total. The average Bonchev–Trinajstić information content (AvgIpc) is 2.06. The van der Waals surface area contributed by atoms with Gasteiger partial charge in [-0.05, 0) is 6.07 Å². The van der Waals surface area contributed by atoms with Gasteiger partial charge < -0.3 is 14.7 Å². The van der Waals surface area contributed by atoms with Crippen LogP contribution in [0.25, 0.3) is 0 Å². The van der Waals surface area contributed by atoms with Crippen molar-refractivity contribution in [3.8, 4) is 5.75 Å². The Kier molecular flexibility index (Phi) is 3.15. The van der Waals surface area contributed by atoms with Gasteiger partial charge in [-0.3, -0.25) is 0 Å². The summed E-state index contributed by atoms with van der Waals surface area (Å²) in [6, 6.07) is 0.280. The number of aromatic nitrogens is 1. The Morgan fingerprint density at radius 3 is 2.40 bits per heavy atom. The number of nitrogens with zero attached hydrogens (tertiary/aromatic N) is 1. The molecular weight excluding hydrogens is 221 g/mol. The first-order valence-corrected chi connectivity index (χ1v) is 3.56. The zero-order chi connectivity index (χ0) is 11.6. The Balaban J connectivity index is 3.06. The third-order valence-corrected chi connectivity index (χ3v) is 1.37. The van der Waals surface area contributed by atoms with Crippen molar-refractivity contribution in [2.24, 2.45) is 0 Å². The van der Waals surface area contributed by atoms with Gasteiger partial charge in [0.25, 0.3) is 5.95 Å². The molecule has 0 unspecified atom stereocenters. The highest BCUT2D eigenvalue weighted by Gasteiger charge is 2.32. The van der Waals surface area contributed by atoms with Crippen LogP contribution in [-0.4, -0.2) is 22.4 Å². The van der Waals surface area contributed by atoms with E-state index in [9.17, 15) is 17.6 Å². The summed E-state index contributed by atoms with van der Waals surface area (Å²) in [5.74, 6) is -2.35. The molecule has 82 valence electrons. The summed E-state index contributed by atoms with van der Waals surface area (Å²) < 4.78 is 52.9. The Hall–Kier alpha value is -1.35. The van der Waals surface area contributed by atoms with E-state index in [0.717, 1.165) is 0 Å². The number of hydrogen-bond acceptors (Lipinski definition) is 4. The second-order valence-electron chi connectivity index (χ2n) is 2.45. The molecule has 0 fully saturated rings. The standard InChI is InChI=1S/C6H4BF4NO3/c8-5-4(15-7(13)14)1-3(2-12-5)6(9,10)11/h1-2,13-14H. The average molecular weight is 225 g/mol. The van der Waals surface area contributed by atoms with Crippen LogP contribution in [0, 0.1) is 5.95 Å². The Labute approximate surface area is 81.3 Å². The second kappa shape index (κ2) is 4.03. The Bertz CT molecular complexity index is 357. The lowest BCUT2D eigenvalue weighted by molar-refractivity contribution is -0.138. The van der Waals surface area contributed by atoms with Crippen LogP contribution in [0.2, 0.25) is 0 Å². The molecule has 0 aliphatic carbocycles. The smallest absolute Gasteiger partial charge is 0.508 e. The first kappa shape index (κ1) is 11.7. The fourth-order valence-corrected chi connectivity index (χ4v) is 0.779. The molecule has 1 aromatic rings. The SMILES string of the molecule is OB(O)Oc1cc(C(F)(F)F)cnc1F. The van der Waals surface area contributed by atoms with Crippen LogP contribution in [0.3, 0.4) is 0 Å². The van der Waals surface area contributed by atoms with Crippen molar-refractivity contribution in [3.63, 3.8) is 0 Å². The zero-order valence-corrected chi connectivity index (χ0v) is 6.99. The van der Waals surface area contributed by atoms with Gasteiger partial charge in [0.15, 0.2) is 5.75 Å². The Morgan fingerprint density at radius 2 is 1.93 bits per heavy atom. The molecule has 1 rings (SSSR count). The maximum Gasteiger partial charge on any atom is 0.707 e. The summed E-state index contributed by atoms with van der Waals surface area (Å²) >= 11 is 0. The van der Waals surface area contributed by atoms with E-state index in [2.05, 4.69) is 9.64 Å². The van der Waals surface area contributed by atoms with Gasteiger partial charge in [-0.15, -0.1) is 0 Å². The van der Waals surface area contributed by atoms with E-state index in [1.807, 2.05) is 0 Å². The quantitative estimate of drug-likeness (QED) is 0.439. The molecule has 0 aliphatic heterocycles. The first-order valence-electron chi connectivity index (χ1n) is 3.56. The fourth-order valence-electron chi connectivity index (χ4n) is 0.779. The molecule has 0 radical (unpaired) electrons. The van der Waals surface area contributed by atoms with Gasteiger partial charge >= 0.3 is 13.5 Å². The minimum atomic E-state index is -4.71. The van der Waals surface area contributed by atoms with Crippen molar-refractivity contribution in [3.05, 3.63) is 23.8 Å². The highest BCUT2D eigenvalue weighted by molar-refractivity contribution is 6.33. The number of hydrogen-bond donors (Lipinski definition) is 2. The molecular formula is C6H4BF4NO3. The van der Waals surface area contributed by atoms with E-state index in [0.29, 0.717) is 0 Å². The van der Waals surface area contributed by atoms with Crippen molar-refractivity contribution in [2.45, 2.75) is 6.18 Å². The molecule has 0 saturated carbocycles. The summed E-state index contributed by atoms with van der Waals surface area (Å²) in [4.78, 5) is 2.76. The largest absolute Gasteiger partial charge is 0.707 e. The van der Waals surface area contributed by atoms with Crippen LogP contribution in [0.15, 0.2) is 12.3 Å². The third kappa shape index (κ3) is 3.06. The maximum absolute atomic E-state index is 12.7. The van der Waals surface area contributed by atoms with E-state index in [4.69, 9.17) is 10.0 Å². The van der Waals surface area contributed by atoms with Gasteiger partial charge in [0.05, 0.1) is 5.56 Å². The first-order chi connectivity index (χ1) is 6.80. The van der Waals surface area contributed by atoms with Crippen LogP contribution in [-0.2, 0) is 6.18 Å². The van der Waals surface area contributed by atoms with Gasteiger partial charge in [0, 0.05) is 6.20 Å². The lowest BCUT2D eigenvalue weighted by Crippen LogP contribution is -2.22. The van der Waals surface area contributed by atoms with Crippen LogP contribution in [0.5, 0.6) is 5.75 Å². The summed E-state index contributed by atoms with van der Waals surface area (Å²) in [6.45, 7) is 0. The van der Waals surface area contributed by atoms with Crippen LogP contribution in [0.1, 0.15) is 5.56 Å². The normalized spacial score (nSPS) is 11.3. The molecule has 1 heterocycles. The van der Waals surface area contributed by atoms with Gasteiger partial charge in [-0.1, -0.05) is 0 Å². The second-order valence-corrected chi connectivity index (χ2v) is 2.45. The zero-order valence-electron chi connectivity index (χ0n) is 6.99. The van der Waals surface area contributed by atoms with E-state index >= 15 is 0 Å². The van der Waals surface area contributed by atoms with Gasteiger partial charge in [-0.25, -0.2) is 4.98 Å². The van der Waals surface area contributed by atoms with E-state index in [1.54, 1.807) is 0 Å². The van der Waals surface area contributed by atoms with E-state index in [-0.39, 0.29) is 12.3 Å². The molecule has 0 saturated heterocycles. The molecule has 0 aromatic carbocycles. The van der Waals surface area contributed by atoms with E-state index < -0.39 is 30.8 Å². The predicted octanol–water partition coefficient (Wildman–Crippen LogP) is 0.588. The predicted molar refractivity (Wildman–Crippen MR) is 40.0 cm³/mol. The maximum atomic E-state index is 12.7. The topological polar surface area (TPSA) is 62.6 Å². The summed E-state index contributed by atoms with van der Waals surface area (Å²) in [5.41, 5.74) is -1.25. The minimum Gasteiger partial charge on any atom is -0.508 e. The van der Waals surface area contributed by atoms with Crippen molar-refractivity contribution >= 4 is 7.32 Å². The highest BCUT2D eigenvalue weighted by Crippen LogP contribution is 2.31. The lowest BCUT2D eigenvalue weighted by atomic mass is 10.2. The Morgan fingerprint density at radius 1 is 1.33 bits per heavy atom. The number of pyridine rings is 1. The van der Waals surface area contributed by atoms with Crippen molar-refractivity contribution in [1.29, 1.82) is 0 Å². The van der Waals surface area contributed by atoms with Crippen LogP contribution >= 0.6 is 0 Å². The number of alkyl halides is 3. The van der Waals surface area contributed by atoms with Crippen molar-refractivity contribution in [1.82, 2.24) is 4.98 Å². The van der Waals surface area contributed by atoms with Gasteiger partial charge in [-0.2, -0.15) is 17.6 Å². The molecule has 4 nitrogen and oxygen atoms in total. The van der Waals surface area contributed by atoms with Gasteiger partial charge in [0.2, 0.25) is 0 Å². The molecule has 0 amide bonds. The van der Waals surface area contributed by atoms with Crippen molar-refractivity contribution < 1.29 is 32.3 Å².